The molecule has 0 spiro atoms. The minimum absolute atomic E-state index is 0.133. The van der Waals surface area contributed by atoms with Crippen LogP contribution in [-0.2, 0) is 10.0 Å². The van der Waals surface area contributed by atoms with Gasteiger partial charge in [-0.25, -0.2) is 8.42 Å². The molecule has 1 aliphatic rings. The van der Waals surface area contributed by atoms with E-state index in [9.17, 15) is 18.3 Å². The number of hydrogen-bond acceptors (Lipinski definition) is 4. The molecule has 0 radical (unpaired) electrons. The molecule has 1 aromatic rings. The van der Waals surface area contributed by atoms with Gasteiger partial charge in [0.1, 0.15) is 0 Å². The molecular weight excluding hydrogens is 268 g/mol. The zero-order valence-corrected chi connectivity index (χ0v) is 11.1. The van der Waals surface area contributed by atoms with Gasteiger partial charge in [-0.3, -0.25) is 4.79 Å². The second-order valence-corrected chi connectivity index (χ2v) is 6.46. The Labute approximate surface area is 111 Å². The smallest absolute Gasteiger partial charge is 0.248 e. The molecule has 6 nitrogen and oxygen atoms in total. The minimum atomic E-state index is -3.56. The molecule has 0 aromatic heterocycles. The molecule has 0 bridgehead atoms. The normalized spacial score (nSPS) is 18.4. The first-order valence-corrected chi connectivity index (χ1v) is 7.43. The molecule has 1 saturated heterocycles. The van der Waals surface area contributed by atoms with E-state index in [1.807, 2.05) is 0 Å². The molecule has 1 aromatic carbocycles. The molecule has 2 rings (SSSR count). The van der Waals surface area contributed by atoms with E-state index in [2.05, 4.69) is 0 Å². The zero-order chi connectivity index (χ0) is 14.0. The van der Waals surface area contributed by atoms with E-state index in [0.29, 0.717) is 25.9 Å². The average molecular weight is 284 g/mol. The summed E-state index contributed by atoms with van der Waals surface area (Å²) in [4.78, 5) is 11.1. The van der Waals surface area contributed by atoms with Crippen LogP contribution in [0.4, 0.5) is 0 Å². The Morgan fingerprint density at radius 1 is 1.21 bits per heavy atom. The monoisotopic (exact) mass is 284 g/mol. The molecule has 0 aliphatic carbocycles. The van der Waals surface area contributed by atoms with Crippen molar-refractivity contribution < 1.29 is 18.3 Å². The van der Waals surface area contributed by atoms with Crippen LogP contribution in [-0.4, -0.2) is 42.9 Å². The zero-order valence-electron chi connectivity index (χ0n) is 10.3. The standard InChI is InChI=1S/C12H16N2O4S/c13-12(16)9-1-3-11(4-2-9)19(17,18)14-7-5-10(15)6-8-14/h1-4,10,15H,5-8H2,(H2,13,16). The number of primary amides is 1. The van der Waals surface area contributed by atoms with Gasteiger partial charge in [0.15, 0.2) is 0 Å². The van der Waals surface area contributed by atoms with Gasteiger partial charge in [-0.15, -0.1) is 0 Å². The summed E-state index contributed by atoms with van der Waals surface area (Å²) < 4.78 is 26.0. The van der Waals surface area contributed by atoms with Crippen LogP contribution in [0.5, 0.6) is 0 Å². The maximum atomic E-state index is 12.3. The number of piperidine rings is 1. The summed E-state index contributed by atoms with van der Waals surface area (Å²) >= 11 is 0. The summed E-state index contributed by atoms with van der Waals surface area (Å²) in [5, 5.41) is 9.39. The van der Waals surface area contributed by atoms with Crippen LogP contribution in [0.1, 0.15) is 23.2 Å². The second-order valence-electron chi connectivity index (χ2n) is 4.52. The molecule has 0 unspecified atom stereocenters. The molecule has 1 fully saturated rings. The van der Waals surface area contributed by atoms with Crippen molar-refractivity contribution >= 4 is 15.9 Å². The fraction of sp³-hybridized carbons (Fsp3) is 0.417. The summed E-state index contributed by atoms with van der Waals surface area (Å²) in [5.74, 6) is -0.593. The fourth-order valence-electron chi connectivity index (χ4n) is 2.02. The number of carbonyl (C=O) groups is 1. The number of carbonyl (C=O) groups excluding carboxylic acids is 1. The summed E-state index contributed by atoms with van der Waals surface area (Å²) in [7, 11) is -3.56. The van der Waals surface area contributed by atoms with Crippen LogP contribution in [0, 0.1) is 0 Å². The summed E-state index contributed by atoms with van der Waals surface area (Å²) in [5.41, 5.74) is 5.38. The van der Waals surface area contributed by atoms with Gasteiger partial charge < -0.3 is 10.8 Å². The van der Waals surface area contributed by atoms with E-state index in [0.717, 1.165) is 0 Å². The molecule has 0 saturated carbocycles. The van der Waals surface area contributed by atoms with Crippen LogP contribution in [0.3, 0.4) is 0 Å². The SMILES string of the molecule is NC(=O)c1ccc(S(=O)(=O)N2CCC(O)CC2)cc1. The number of aliphatic hydroxyl groups is 1. The number of aliphatic hydroxyl groups excluding tert-OH is 1. The van der Waals surface area contributed by atoms with E-state index in [1.54, 1.807) is 0 Å². The van der Waals surface area contributed by atoms with E-state index >= 15 is 0 Å². The number of sulfonamides is 1. The molecule has 1 amide bonds. The number of rotatable bonds is 3. The third-order valence-electron chi connectivity index (χ3n) is 3.20. The Bertz CT molecular complexity index is 560. The van der Waals surface area contributed by atoms with Gasteiger partial charge in [0.05, 0.1) is 11.0 Å². The van der Waals surface area contributed by atoms with Crippen LogP contribution in [0.15, 0.2) is 29.2 Å². The quantitative estimate of drug-likeness (QED) is 0.811. The van der Waals surface area contributed by atoms with Crippen molar-refractivity contribution in [1.82, 2.24) is 4.31 Å². The molecule has 3 N–H and O–H groups in total. The highest BCUT2D eigenvalue weighted by Gasteiger charge is 2.28. The van der Waals surface area contributed by atoms with Crippen LogP contribution >= 0.6 is 0 Å². The lowest BCUT2D eigenvalue weighted by atomic mass is 10.1. The van der Waals surface area contributed by atoms with E-state index in [-0.39, 0.29) is 10.5 Å². The lowest BCUT2D eigenvalue weighted by molar-refractivity contribution is 0.0999. The highest BCUT2D eigenvalue weighted by molar-refractivity contribution is 7.89. The van der Waals surface area contributed by atoms with Gasteiger partial charge in [-0.05, 0) is 37.1 Å². The van der Waals surface area contributed by atoms with Crippen molar-refractivity contribution in [3.8, 4) is 0 Å². The fourth-order valence-corrected chi connectivity index (χ4v) is 3.49. The molecule has 19 heavy (non-hydrogen) atoms. The first kappa shape index (κ1) is 14.0. The third kappa shape index (κ3) is 2.94. The van der Waals surface area contributed by atoms with E-state index in [4.69, 9.17) is 5.73 Å². The number of nitrogens with zero attached hydrogens (tertiary/aromatic N) is 1. The molecule has 104 valence electrons. The molecule has 1 heterocycles. The largest absolute Gasteiger partial charge is 0.393 e. The Hall–Kier alpha value is -1.44. The van der Waals surface area contributed by atoms with Crippen molar-refractivity contribution in [2.45, 2.75) is 23.8 Å². The maximum Gasteiger partial charge on any atom is 0.248 e. The number of hydrogen-bond donors (Lipinski definition) is 2. The van der Waals surface area contributed by atoms with E-state index < -0.39 is 22.0 Å². The summed E-state index contributed by atoms with van der Waals surface area (Å²) in [6.45, 7) is 0.613. The molecular formula is C12H16N2O4S. The molecule has 1 aliphatic heterocycles. The van der Waals surface area contributed by atoms with Gasteiger partial charge in [0.25, 0.3) is 0 Å². The van der Waals surface area contributed by atoms with Crippen LogP contribution in [0.2, 0.25) is 0 Å². The van der Waals surface area contributed by atoms with Crippen molar-refractivity contribution in [3.63, 3.8) is 0 Å². The highest BCUT2D eigenvalue weighted by atomic mass is 32.2. The minimum Gasteiger partial charge on any atom is -0.393 e. The molecule has 0 atom stereocenters. The van der Waals surface area contributed by atoms with Crippen LogP contribution < -0.4 is 5.73 Å². The topological polar surface area (TPSA) is 101 Å². The van der Waals surface area contributed by atoms with Crippen molar-refractivity contribution in [1.29, 1.82) is 0 Å². The summed E-state index contributed by atoms with van der Waals surface area (Å²) in [6, 6.07) is 5.54. The van der Waals surface area contributed by atoms with Gasteiger partial charge in [0, 0.05) is 18.7 Å². The van der Waals surface area contributed by atoms with Gasteiger partial charge in [-0.1, -0.05) is 0 Å². The Morgan fingerprint density at radius 2 is 1.74 bits per heavy atom. The Morgan fingerprint density at radius 3 is 2.21 bits per heavy atom. The van der Waals surface area contributed by atoms with Gasteiger partial charge >= 0.3 is 0 Å². The predicted molar refractivity (Wildman–Crippen MR) is 69.0 cm³/mol. The first-order chi connectivity index (χ1) is 8.91. The summed E-state index contributed by atoms with van der Waals surface area (Å²) in [6.07, 6.45) is 0.459. The number of benzene rings is 1. The number of amides is 1. The predicted octanol–water partition coefficient (Wildman–Crippen LogP) is -0.0691. The lowest BCUT2D eigenvalue weighted by Gasteiger charge is -2.28. The molecule has 7 heteroatoms. The van der Waals surface area contributed by atoms with Crippen molar-refractivity contribution in [2.75, 3.05) is 13.1 Å². The van der Waals surface area contributed by atoms with Gasteiger partial charge in [-0.2, -0.15) is 4.31 Å². The van der Waals surface area contributed by atoms with E-state index in [1.165, 1.54) is 28.6 Å². The first-order valence-electron chi connectivity index (χ1n) is 5.99. The maximum absolute atomic E-state index is 12.3. The lowest BCUT2D eigenvalue weighted by Crippen LogP contribution is -2.39. The average Bonchev–Trinajstić information content (AvgIpc) is 2.39. The van der Waals surface area contributed by atoms with Crippen LogP contribution in [0.25, 0.3) is 0 Å². The second kappa shape index (κ2) is 5.28. The Kier molecular flexibility index (Phi) is 3.88. The Balaban J connectivity index is 2.22. The van der Waals surface area contributed by atoms with Crippen molar-refractivity contribution in [2.24, 2.45) is 5.73 Å². The third-order valence-corrected chi connectivity index (χ3v) is 5.11. The van der Waals surface area contributed by atoms with Gasteiger partial charge in [0.2, 0.25) is 15.9 Å². The highest BCUT2D eigenvalue weighted by Crippen LogP contribution is 2.21. The number of nitrogens with two attached hydrogens (primary N) is 1. The van der Waals surface area contributed by atoms with Crippen molar-refractivity contribution in [3.05, 3.63) is 29.8 Å².